The summed E-state index contributed by atoms with van der Waals surface area (Å²) >= 11 is 0. The zero-order valence-corrected chi connectivity index (χ0v) is 14.2. The Morgan fingerprint density at radius 3 is 1.95 bits per heavy atom. The molecule has 120 valence electrons. The number of hydrogen-bond acceptors (Lipinski definition) is 4. The fraction of sp³-hybridized carbons (Fsp3) is 0.625. The molecule has 0 aliphatic rings. The van der Waals surface area contributed by atoms with Crippen LogP contribution in [0.25, 0.3) is 0 Å². The van der Waals surface area contributed by atoms with Gasteiger partial charge in [-0.25, -0.2) is 8.42 Å². The lowest BCUT2D eigenvalue weighted by Gasteiger charge is -2.16. The van der Waals surface area contributed by atoms with Crippen molar-refractivity contribution in [3.8, 4) is 0 Å². The summed E-state index contributed by atoms with van der Waals surface area (Å²) in [5, 5.41) is 0. The summed E-state index contributed by atoms with van der Waals surface area (Å²) in [6.07, 6.45) is -0.111. The van der Waals surface area contributed by atoms with E-state index in [0.717, 1.165) is 5.56 Å². The molecule has 1 rings (SSSR count). The lowest BCUT2D eigenvalue weighted by molar-refractivity contribution is -0.136. The van der Waals surface area contributed by atoms with E-state index in [1.54, 1.807) is 12.1 Å². The van der Waals surface area contributed by atoms with E-state index in [-0.39, 0.29) is 5.75 Å². The highest BCUT2D eigenvalue weighted by molar-refractivity contribution is 7.91. The standard InChI is InChI=1S/C16H26O4S/c1-5-19-16(20-6-2)11-12-21(17,18)15-9-7-14(8-10-15)13(3)4/h7-10,13,16H,5-6,11-12H2,1-4H3. The third-order valence-electron chi connectivity index (χ3n) is 3.23. The minimum Gasteiger partial charge on any atom is -0.353 e. The zero-order chi connectivity index (χ0) is 15.9. The van der Waals surface area contributed by atoms with Gasteiger partial charge in [-0.3, -0.25) is 0 Å². The van der Waals surface area contributed by atoms with Gasteiger partial charge in [0, 0.05) is 19.6 Å². The predicted molar refractivity (Wildman–Crippen MR) is 84.2 cm³/mol. The van der Waals surface area contributed by atoms with Crippen molar-refractivity contribution in [2.75, 3.05) is 19.0 Å². The van der Waals surface area contributed by atoms with Crippen LogP contribution < -0.4 is 0 Å². The molecule has 0 aromatic heterocycles. The lowest BCUT2D eigenvalue weighted by Crippen LogP contribution is -2.21. The van der Waals surface area contributed by atoms with Gasteiger partial charge in [0.1, 0.15) is 0 Å². The first-order valence-corrected chi connectivity index (χ1v) is 9.11. The van der Waals surface area contributed by atoms with Gasteiger partial charge in [-0.15, -0.1) is 0 Å². The Kier molecular flexibility index (Phi) is 7.35. The molecule has 0 saturated carbocycles. The summed E-state index contributed by atoms with van der Waals surface area (Å²) in [4.78, 5) is 0.360. The molecular weight excluding hydrogens is 288 g/mol. The highest BCUT2D eigenvalue weighted by Crippen LogP contribution is 2.19. The van der Waals surface area contributed by atoms with Gasteiger partial charge < -0.3 is 9.47 Å². The van der Waals surface area contributed by atoms with Crippen molar-refractivity contribution in [3.63, 3.8) is 0 Å². The molecule has 0 N–H and O–H groups in total. The van der Waals surface area contributed by atoms with Crippen LogP contribution in [0.15, 0.2) is 29.2 Å². The largest absolute Gasteiger partial charge is 0.353 e. The van der Waals surface area contributed by atoms with Crippen molar-refractivity contribution in [1.82, 2.24) is 0 Å². The molecule has 0 heterocycles. The van der Waals surface area contributed by atoms with E-state index in [4.69, 9.17) is 9.47 Å². The molecule has 1 aromatic rings. The van der Waals surface area contributed by atoms with Crippen molar-refractivity contribution >= 4 is 9.84 Å². The monoisotopic (exact) mass is 314 g/mol. The van der Waals surface area contributed by atoms with Gasteiger partial charge in [0.15, 0.2) is 16.1 Å². The molecule has 0 unspecified atom stereocenters. The molecule has 4 nitrogen and oxygen atoms in total. The van der Waals surface area contributed by atoms with Crippen LogP contribution in [0.1, 0.15) is 45.6 Å². The molecule has 0 amide bonds. The Morgan fingerprint density at radius 1 is 1.00 bits per heavy atom. The maximum absolute atomic E-state index is 12.3. The van der Waals surface area contributed by atoms with E-state index >= 15 is 0 Å². The van der Waals surface area contributed by atoms with Crippen LogP contribution in [0.3, 0.4) is 0 Å². The average Bonchev–Trinajstić information content (AvgIpc) is 2.45. The molecule has 5 heteroatoms. The van der Waals surface area contributed by atoms with Gasteiger partial charge in [0.05, 0.1) is 10.6 Å². The van der Waals surface area contributed by atoms with E-state index in [1.165, 1.54) is 0 Å². The molecule has 0 fully saturated rings. The molecule has 0 aliphatic heterocycles. The average molecular weight is 314 g/mol. The smallest absolute Gasteiger partial charge is 0.178 e. The molecule has 21 heavy (non-hydrogen) atoms. The van der Waals surface area contributed by atoms with Crippen LogP contribution in [0, 0.1) is 0 Å². The normalized spacial score (nSPS) is 12.3. The van der Waals surface area contributed by atoms with E-state index in [2.05, 4.69) is 13.8 Å². The summed E-state index contributed by atoms with van der Waals surface area (Å²) in [6.45, 7) is 8.91. The fourth-order valence-corrected chi connectivity index (χ4v) is 3.31. The van der Waals surface area contributed by atoms with Gasteiger partial charge >= 0.3 is 0 Å². The second-order valence-electron chi connectivity index (χ2n) is 5.17. The fourth-order valence-electron chi connectivity index (χ4n) is 2.02. The number of hydrogen-bond donors (Lipinski definition) is 0. The summed E-state index contributed by atoms with van der Waals surface area (Å²) in [6, 6.07) is 7.11. The van der Waals surface area contributed by atoms with E-state index in [0.29, 0.717) is 30.4 Å². The maximum atomic E-state index is 12.3. The van der Waals surface area contributed by atoms with Crippen molar-refractivity contribution in [2.24, 2.45) is 0 Å². The topological polar surface area (TPSA) is 52.6 Å². The molecule has 0 spiro atoms. The number of benzene rings is 1. The Bertz CT molecular complexity index is 500. The van der Waals surface area contributed by atoms with Gasteiger partial charge in [-0.2, -0.15) is 0 Å². The third kappa shape index (κ3) is 5.77. The number of sulfone groups is 1. The predicted octanol–water partition coefficient (Wildman–Crippen LogP) is 3.37. The molecule has 0 radical (unpaired) electrons. The SMILES string of the molecule is CCOC(CCS(=O)(=O)c1ccc(C(C)C)cc1)OCC. The van der Waals surface area contributed by atoms with Crippen molar-refractivity contribution < 1.29 is 17.9 Å². The van der Waals surface area contributed by atoms with Gasteiger partial charge in [-0.05, 0) is 37.5 Å². The molecule has 0 bridgehead atoms. The second kappa shape index (κ2) is 8.51. The van der Waals surface area contributed by atoms with E-state index in [1.807, 2.05) is 26.0 Å². The molecule has 1 aromatic carbocycles. The van der Waals surface area contributed by atoms with E-state index < -0.39 is 16.1 Å². The summed E-state index contributed by atoms with van der Waals surface area (Å²) in [5.41, 5.74) is 1.13. The first-order valence-electron chi connectivity index (χ1n) is 7.46. The molecule has 0 atom stereocenters. The quantitative estimate of drug-likeness (QED) is 0.656. The van der Waals surface area contributed by atoms with Crippen LogP contribution in [0.5, 0.6) is 0 Å². The summed E-state index contributed by atoms with van der Waals surface area (Å²) < 4.78 is 35.4. The van der Waals surface area contributed by atoms with E-state index in [9.17, 15) is 8.42 Å². The Balaban J connectivity index is 2.72. The number of ether oxygens (including phenoxy) is 2. The Morgan fingerprint density at radius 2 is 1.52 bits per heavy atom. The van der Waals surface area contributed by atoms with Crippen LogP contribution in [0.2, 0.25) is 0 Å². The Labute approximate surface area is 128 Å². The number of rotatable bonds is 9. The first kappa shape index (κ1) is 18.1. The third-order valence-corrected chi connectivity index (χ3v) is 5.00. The zero-order valence-electron chi connectivity index (χ0n) is 13.3. The lowest BCUT2D eigenvalue weighted by atomic mass is 10.0. The van der Waals surface area contributed by atoms with Crippen molar-refractivity contribution in [2.45, 2.75) is 51.2 Å². The molecule has 0 saturated heterocycles. The minimum atomic E-state index is -3.29. The van der Waals surface area contributed by atoms with Crippen LogP contribution in [-0.2, 0) is 19.3 Å². The summed E-state index contributed by atoms with van der Waals surface area (Å²) in [7, 11) is -3.29. The van der Waals surface area contributed by atoms with Crippen molar-refractivity contribution in [3.05, 3.63) is 29.8 Å². The maximum Gasteiger partial charge on any atom is 0.178 e. The van der Waals surface area contributed by atoms with Gasteiger partial charge in [0.2, 0.25) is 0 Å². The molecular formula is C16H26O4S. The van der Waals surface area contributed by atoms with Crippen LogP contribution in [0.4, 0.5) is 0 Å². The second-order valence-corrected chi connectivity index (χ2v) is 7.28. The van der Waals surface area contributed by atoms with Crippen LogP contribution >= 0.6 is 0 Å². The molecule has 0 aliphatic carbocycles. The summed E-state index contributed by atoms with van der Waals surface area (Å²) in [5.74, 6) is 0.417. The van der Waals surface area contributed by atoms with Gasteiger partial charge in [-0.1, -0.05) is 26.0 Å². The van der Waals surface area contributed by atoms with Crippen LogP contribution in [-0.4, -0.2) is 33.7 Å². The highest BCUT2D eigenvalue weighted by Gasteiger charge is 2.18. The van der Waals surface area contributed by atoms with Crippen molar-refractivity contribution in [1.29, 1.82) is 0 Å². The minimum absolute atomic E-state index is 0.0265. The van der Waals surface area contributed by atoms with Gasteiger partial charge in [0.25, 0.3) is 0 Å². The Hall–Kier alpha value is -0.910. The first-order chi connectivity index (χ1) is 9.90. The highest BCUT2D eigenvalue weighted by atomic mass is 32.2.